The number of hydrogen-bond donors (Lipinski definition) is 1. The van der Waals surface area contributed by atoms with Crippen LogP contribution in [0.25, 0.3) is 0 Å². The van der Waals surface area contributed by atoms with Gasteiger partial charge in [-0.3, -0.25) is 4.79 Å². The van der Waals surface area contributed by atoms with Crippen molar-refractivity contribution in [2.45, 2.75) is 26.1 Å². The minimum atomic E-state index is -4.76. The van der Waals surface area contributed by atoms with Gasteiger partial charge in [-0.05, 0) is 26.0 Å². The molecule has 0 bridgehead atoms. The molecule has 112 valence electrons. The summed E-state index contributed by atoms with van der Waals surface area (Å²) in [4.78, 5) is 11.6. The fourth-order valence-corrected chi connectivity index (χ4v) is 1.85. The number of rotatable bonds is 3. The topological polar surface area (TPSA) is 52.3 Å². The first-order chi connectivity index (χ1) is 9.03. The Kier molecular flexibility index (Phi) is 4.43. The zero-order valence-corrected chi connectivity index (χ0v) is 11.2. The van der Waals surface area contributed by atoms with E-state index < -0.39 is 40.5 Å². The Morgan fingerprint density at radius 3 is 2.30 bits per heavy atom. The monoisotopic (exact) mass is 293 g/mol. The van der Waals surface area contributed by atoms with Gasteiger partial charge in [-0.25, -0.2) is 4.39 Å². The summed E-state index contributed by atoms with van der Waals surface area (Å²) in [5.74, 6) is -1.93. The molecule has 0 saturated carbocycles. The van der Waals surface area contributed by atoms with Gasteiger partial charge in [0.15, 0.2) is 0 Å². The predicted molar refractivity (Wildman–Crippen MR) is 64.1 cm³/mol. The van der Waals surface area contributed by atoms with E-state index in [1.54, 1.807) is 0 Å². The van der Waals surface area contributed by atoms with Crippen LogP contribution in [-0.2, 0) is 15.7 Å². The van der Waals surface area contributed by atoms with E-state index in [1.807, 2.05) is 0 Å². The second-order valence-electron chi connectivity index (χ2n) is 4.89. The second kappa shape index (κ2) is 5.40. The molecule has 0 radical (unpaired) electrons. The van der Waals surface area contributed by atoms with E-state index in [2.05, 4.69) is 4.74 Å². The van der Waals surface area contributed by atoms with Gasteiger partial charge in [-0.2, -0.15) is 13.2 Å². The van der Waals surface area contributed by atoms with Crippen molar-refractivity contribution in [2.75, 3.05) is 7.11 Å². The lowest BCUT2D eigenvalue weighted by Gasteiger charge is -2.30. The zero-order chi connectivity index (χ0) is 15.7. The molecule has 0 spiro atoms. The molecule has 1 aromatic carbocycles. The highest BCUT2D eigenvalue weighted by Gasteiger charge is 2.43. The van der Waals surface area contributed by atoms with E-state index >= 15 is 0 Å². The number of ether oxygens (including phenoxy) is 1. The summed E-state index contributed by atoms with van der Waals surface area (Å²) in [5.41, 5.74) is 2.27. The van der Waals surface area contributed by atoms with Gasteiger partial charge < -0.3 is 10.5 Å². The van der Waals surface area contributed by atoms with Crippen molar-refractivity contribution in [1.29, 1.82) is 0 Å². The summed E-state index contributed by atoms with van der Waals surface area (Å²) in [6.07, 6.45) is -4.76. The third-order valence-corrected chi connectivity index (χ3v) is 3.16. The summed E-state index contributed by atoms with van der Waals surface area (Å²) in [6.45, 7) is 2.60. The maximum atomic E-state index is 13.8. The molecule has 20 heavy (non-hydrogen) atoms. The third kappa shape index (κ3) is 2.92. The molecule has 3 nitrogen and oxygen atoms in total. The van der Waals surface area contributed by atoms with Crippen LogP contribution in [0.3, 0.4) is 0 Å². The summed E-state index contributed by atoms with van der Waals surface area (Å²) in [5, 5.41) is 0. The van der Waals surface area contributed by atoms with Crippen molar-refractivity contribution < 1.29 is 27.1 Å². The minimum absolute atomic E-state index is 0.728. The Morgan fingerprint density at radius 1 is 1.30 bits per heavy atom. The van der Waals surface area contributed by atoms with Gasteiger partial charge in [0, 0.05) is 11.6 Å². The van der Waals surface area contributed by atoms with E-state index in [4.69, 9.17) is 5.73 Å². The van der Waals surface area contributed by atoms with Gasteiger partial charge in [0.2, 0.25) is 0 Å². The molecule has 0 aliphatic heterocycles. The van der Waals surface area contributed by atoms with Crippen LogP contribution >= 0.6 is 0 Å². The van der Waals surface area contributed by atoms with Crippen molar-refractivity contribution in [2.24, 2.45) is 11.1 Å². The highest BCUT2D eigenvalue weighted by molar-refractivity contribution is 5.77. The molecule has 0 fully saturated rings. The number of carbonyl (C=O) groups is 1. The summed E-state index contributed by atoms with van der Waals surface area (Å²) in [7, 11) is 1.09. The first kappa shape index (κ1) is 16.4. The fourth-order valence-electron chi connectivity index (χ4n) is 1.85. The van der Waals surface area contributed by atoms with Crippen LogP contribution in [0.15, 0.2) is 18.2 Å². The normalized spacial score (nSPS) is 14.0. The Labute approximate surface area is 113 Å². The molecular weight excluding hydrogens is 278 g/mol. The molecule has 1 atom stereocenters. The number of alkyl halides is 3. The molecule has 0 unspecified atom stereocenters. The van der Waals surface area contributed by atoms with Crippen molar-refractivity contribution in [3.05, 3.63) is 35.1 Å². The highest BCUT2D eigenvalue weighted by atomic mass is 19.4. The average molecular weight is 293 g/mol. The van der Waals surface area contributed by atoms with Crippen molar-refractivity contribution in [1.82, 2.24) is 0 Å². The minimum Gasteiger partial charge on any atom is -0.469 e. The average Bonchev–Trinajstić information content (AvgIpc) is 2.35. The van der Waals surface area contributed by atoms with Crippen molar-refractivity contribution in [3.8, 4) is 0 Å². The standard InChI is InChI=1S/C13H15F4NO2/c1-12(2,11(19)20-3)10(18)9-7(13(15,16)17)5-4-6-8(9)14/h4-6,10H,18H2,1-3H3/t10-/m1/s1. The maximum Gasteiger partial charge on any atom is 0.416 e. The van der Waals surface area contributed by atoms with Gasteiger partial charge in [-0.15, -0.1) is 0 Å². The van der Waals surface area contributed by atoms with E-state index in [1.165, 1.54) is 13.8 Å². The number of benzene rings is 1. The molecule has 1 rings (SSSR count). The lowest BCUT2D eigenvalue weighted by molar-refractivity contribution is -0.153. The molecule has 0 saturated heterocycles. The number of hydrogen-bond acceptors (Lipinski definition) is 3. The lowest BCUT2D eigenvalue weighted by Crippen LogP contribution is -2.39. The van der Waals surface area contributed by atoms with Crippen LogP contribution in [0.1, 0.15) is 31.0 Å². The van der Waals surface area contributed by atoms with Gasteiger partial charge >= 0.3 is 12.1 Å². The molecule has 0 aromatic heterocycles. The molecule has 0 amide bonds. The Morgan fingerprint density at radius 2 is 1.85 bits per heavy atom. The Balaban J connectivity index is 3.43. The van der Waals surface area contributed by atoms with Gasteiger partial charge in [0.25, 0.3) is 0 Å². The van der Waals surface area contributed by atoms with E-state index in [0.29, 0.717) is 0 Å². The number of methoxy groups -OCH3 is 1. The van der Waals surface area contributed by atoms with E-state index in [9.17, 15) is 22.4 Å². The molecule has 0 aliphatic carbocycles. The number of halogens is 4. The van der Waals surface area contributed by atoms with Crippen LogP contribution in [0, 0.1) is 11.2 Å². The highest BCUT2D eigenvalue weighted by Crippen LogP contribution is 2.41. The lowest BCUT2D eigenvalue weighted by atomic mass is 9.79. The van der Waals surface area contributed by atoms with Crippen LogP contribution in [0.2, 0.25) is 0 Å². The Hall–Kier alpha value is -1.63. The maximum absolute atomic E-state index is 13.8. The van der Waals surface area contributed by atoms with Crippen LogP contribution in [0.5, 0.6) is 0 Å². The van der Waals surface area contributed by atoms with Crippen LogP contribution in [0.4, 0.5) is 17.6 Å². The number of nitrogens with two attached hydrogens (primary N) is 1. The number of carbonyl (C=O) groups excluding carboxylic acids is 1. The summed E-state index contributed by atoms with van der Waals surface area (Å²) in [6, 6.07) is 1.05. The predicted octanol–water partition coefficient (Wildman–Crippen LogP) is 3.04. The smallest absolute Gasteiger partial charge is 0.416 e. The van der Waals surface area contributed by atoms with Crippen LogP contribution in [-0.4, -0.2) is 13.1 Å². The van der Waals surface area contributed by atoms with Gasteiger partial charge in [-0.1, -0.05) is 6.07 Å². The zero-order valence-electron chi connectivity index (χ0n) is 11.2. The molecule has 0 heterocycles. The first-order valence-corrected chi connectivity index (χ1v) is 5.73. The van der Waals surface area contributed by atoms with E-state index in [-0.39, 0.29) is 0 Å². The van der Waals surface area contributed by atoms with E-state index in [0.717, 1.165) is 25.3 Å². The molecule has 2 N–H and O–H groups in total. The molecule has 1 aromatic rings. The largest absolute Gasteiger partial charge is 0.469 e. The van der Waals surface area contributed by atoms with Crippen LogP contribution < -0.4 is 5.73 Å². The third-order valence-electron chi connectivity index (χ3n) is 3.16. The quantitative estimate of drug-likeness (QED) is 0.688. The first-order valence-electron chi connectivity index (χ1n) is 5.73. The summed E-state index contributed by atoms with van der Waals surface area (Å²) >= 11 is 0. The SMILES string of the molecule is COC(=O)C(C)(C)[C@H](N)c1c(F)cccc1C(F)(F)F. The fraction of sp³-hybridized carbons (Fsp3) is 0.462. The van der Waals surface area contributed by atoms with Crippen molar-refractivity contribution >= 4 is 5.97 Å². The Bertz CT molecular complexity index is 512. The van der Waals surface area contributed by atoms with Crippen molar-refractivity contribution in [3.63, 3.8) is 0 Å². The molecular formula is C13H15F4NO2. The van der Waals surface area contributed by atoms with Gasteiger partial charge in [0.1, 0.15) is 5.82 Å². The summed E-state index contributed by atoms with van der Waals surface area (Å²) < 4.78 is 57.1. The van der Waals surface area contributed by atoms with Gasteiger partial charge in [0.05, 0.1) is 18.1 Å². The second-order valence-corrected chi connectivity index (χ2v) is 4.89. The molecule has 0 aliphatic rings. The molecule has 7 heteroatoms. The number of esters is 1.